The Hall–Kier alpha value is -2.56. The number of halogens is 2. The number of pyridine rings is 1. The molecule has 0 bridgehead atoms. The highest BCUT2D eigenvalue weighted by Gasteiger charge is 2.36. The zero-order chi connectivity index (χ0) is 22.9. The van der Waals surface area contributed by atoms with Crippen molar-refractivity contribution in [1.82, 2.24) is 14.3 Å². The number of aromatic amines is 1. The number of fused-ring (bicyclic) bond motifs is 1. The van der Waals surface area contributed by atoms with Gasteiger partial charge in [0.25, 0.3) is 5.56 Å². The van der Waals surface area contributed by atoms with Crippen LogP contribution in [0.3, 0.4) is 0 Å². The predicted molar refractivity (Wildman–Crippen MR) is 119 cm³/mol. The summed E-state index contributed by atoms with van der Waals surface area (Å²) < 4.78 is 57.1. The number of hydrogen-bond donors (Lipinski definition) is 3. The Morgan fingerprint density at radius 1 is 1.28 bits per heavy atom. The molecule has 0 radical (unpaired) electrons. The van der Waals surface area contributed by atoms with Crippen molar-refractivity contribution in [2.75, 3.05) is 6.54 Å². The number of nitrogens with one attached hydrogen (secondary N) is 2. The van der Waals surface area contributed by atoms with Gasteiger partial charge in [0, 0.05) is 55.3 Å². The van der Waals surface area contributed by atoms with Gasteiger partial charge in [-0.05, 0) is 43.0 Å². The van der Waals surface area contributed by atoms with Gasteiger partial charge in [0.05, 0.1) is 6.10 Å². The van der Waals surface area contributed by atoms with Crippen molar-refractivity contribution in [2.45, 2.75) is 44.1 Å². The smallest absolute Gasteiger partial charge is 0.274 e. The first-order chi connectivity index (χ1) is 15.2. The van der Waals surface area contributed by atoms with E-state index < -0.39 is 17.2 Å². The summed E-state index contributed by atoms with van der Waals surface area (Å²) in [5.41, 5.74) is 2.73. The van der Waals surface area contributed by atoms with Crippen molar-refractivity contribution in [3.8, 4) is 16.9 Å². The van der Waals surface area contributed by atoms with Gasteiger partial charge in [-0.15, -0.1) is 0 Å². The van der Waals surface area contributed by atoms with Crippen LogP contribution in [0.25, 0.3) is 22.0 Å². The fourth-order valence-electron chi connectivity index (χ4n) is 4.12. The first-order valence-corrected chi connectivity index (χ1v) is 11.5. The van der Waals surface area contributed by atoms with Crippen molar-refractivity contribution in [3.05, 3.63) is 52.6 Å². The number of alkyl halides is 2. The van der Waals surface area contributed by atoms with Gasteiger partial charge >= 0.3 is 0 Å². The molecule has 3 N–H and O–H groups in total. The molecule has 0 amide bonds. The molecule has 1 aromatic carbocycles. The van der Waals surface area contributed by atoms with Crippen LogP contribution in [0.5, 0.6) is 5.75 Å². The van der Waals surface area contributed by atoms with Crippen LogP contribution in [-0.4, -0.2) is 36.9 Å². The van der Waals surface area contributed by atoms with Gasteiger partial charge in [-0.2, -0.15) is 0 Å². The molecule has 1 saturated carbocycles. The molecule has 0 spiro atoms. The van der Waals surface area contributed by atoms with E-state index in [-0.39, 0.29) is 37.3 Å². The van der Waals surface area contributed by atoms with E-state index in [9.17, 15) is 17.8 Å². The van der Waals surface area contributed by atoms with Crippen LogP contribution >= 0.6 is 0 Å². The fraction of sp³-hybridized carbons (Fsp3) is 0.409. The first-order valence-electron chi connectivity index (χ1n) is 10.4. The largest absolute Gasteiger partial charge is 0.490 e. The molecule has 4 rings (SSSR count). The molecule has 172 valence electrons. The lowest BCUT2D eigenvalue weighted by Crippen LogP contribution is -2.30. The molecule has 3 aromatic rings. The topological polar surface area (TPSA) is 96.3 Å². The second kappa shape index (κ2) is 9.13. The standard InChI is InChI=1S/C22H25F2N3O4S/c1-27-13-18(16-7-10-25-20(16)21(27)28)17-12-14(6-11-26-32(29)30)2-3-19(17)31-15-4-8-22(23,24)9-5-15/h2-3,7,10,12-13,15,25-26H,4-6,8-9,11H2,1H3,(H,29,30). The van der Waals surface area contributed by atoms with Crippen molar-refractivity contribution >= 4 is 22.2 Å². The lowest BCUT2D eigenvalue weighted by molar-refractivity contribution is -0.0581. The van der Waals surface area contributed by atoms with Crippen LogP contribution < -0.4 is 15.0 Å². The van der Waals surface area contributed by atoms with Crippen molar-refractivity contribution < 1.29 is 22.3 Å². The van der Waals surface area contributed by atoms with Crippen LogP contribution in [0.1, 0.15) is 31.2 Å². The van der Waals surface area contributed by atoms with Gasteiger partial charge < -0.3 is 14.3 Å². The average molecular weight is 466 g/mol. The van der Waals surface area contributed by atoms with E-state index in [4.69, 9.17) is 9.29 Å². The third kappa shape index (κ3) is 4.92. The number of ether oxygens (including phenoxy) is 1. The summed E-state index contributed by atoms with van der Waals surface area (Å²) in [5, 5.41) is 0.736. The van der Waals surface area contributed by atoms with Crippen LogP contribution in [0.2, 0.25) is 0 Å². The minimum atomic E-state index is -2.64. The Morgan fingerprint density at radius 2 is 2.03 bits per heavy atom. The van der Waals surface area contributed by atoms with Crippen molar-refractivity contribution in [3.63, 3.8) is 0 Å². The summed E-state index contributed by atoms with van der Waals surface area (Å²) in [7, 11) is 1.67. The summed E-state index contributed by atoms with van der Waals surface area (Å²) in [4.78, 5) is 15.5. The van der Waals surface area contributed by atoms with E-state index in [1.165, 1.54) is 4.57 Å². The first kappa shape index (κ1) is 22.6. The molecule has 0 saturated heterocycles. The van der Waals surface area contributed by atoms with E-state index >= 15 is 0 Å². The molecule has 7 nitrogen and oxygen atoms in total. The summed E-state index contributed by atoms with van der Waals surface area (Å²) in [5.74, 6) is -2.08. The van der Waals surface area contributed by atoms with E-state index in [0.29, 0.717) is 24.2 Å². The van der Waals surface area contributed by atoms with Crippen LogP contribution in [0.15, 0.2) is 41.5 Å². The normalized spacial score (nSPS) is 17.5. The third-order valence-corrected chi connectivity index (χ3v) is 6.28. The van der Waals surface area contributed by atoms with E-state index in [2.05, 4.69) is 9.71 Å². The Morgan fingerprint density at radius 3 is 2.75 bits per heavy atom. The zero-order valence-corrected chi connectivity index (χ0v) is 18.4. The predicted octanol–water partition coefficient (Wildman–Crippen LogP) is 3.76. The number of H-pyrrole nitrogens is 1. The maximum Gasteiger partial charge on any atom is 0.274 e. The molecule has 10 heteroatoms. The van der Waals surface area contributed by atoms with E-state index in [1.54, 1.807) is 25.5 Å². The minimum absolute atomic E-state index is 0.156. The third-order valence-electron chi connectivity index (χ3n) is 5.83. The van der Waals surface area contributed by atoms with Crippen LogP contribution in [-0.2, 0) is 24.7 Å². The Kier molecular flexibility index (Phi) is 6.45. The molecule has 1 unspecified atom stereocenters. The summed E-state index contributed by atoms with van der Waals surface area (Å²) in [6, 6.07) is 7.40. The Labute approximate surface area is 186 Å². The van der Waals surface area contributed by atoms with Gasteiger partial charge in [-0.25, -0.2) is 17.7 Å². The van der Waals surface area contributed by atoms with Crippen molar-refractivity contribution in [2.24, 2.45) is 7.05 Å². The zero-order valence-electron chi connectivity index (χ0n) is 17.6. The average Bonchev–Trinajstić information content (AvgIpc) is 3.23. The number of aromatic nitrogens is 2. The maximum atomic E-state index is 13.6. The number of hydrogen-bond acceptors (Lipinski definition) is 3. The van der Waals surface area contributed by atoms with Gasteiger partial charge in [-0.3, -0.25) is 9.35 Å². The SMILES string of the molecule is Cn1cc(-c2cc(CCNS(=O)O)ccc2OC2CCC(F)(F)CC2)c2cc[nH]c2c1=O. The monoisotopic (exact) mass is 465 g/mol. The second-order valence-electron chi connectivity index (χ2n) is 8.12. The molecule has 1 aliphatic rings. The fourth-order valence-corrected chi connectivity index (χ4v) is 4.40. The highest BCUT2D eigenvalue weighted by atomic mass is 32.2. The maximum absolute atomic E-state index is 13.6. The number of aryl methyl sites for hydroxylation is 1. The number of nitrogens with zero attached hydrogens (tertiary/aromatic N) is 1. The quantitative estimate of drug-likeness (QED) is 0.463. The van der Waals surface area contributed by atoms with Crippen LogP contribution in [0, 0.1) is 0 Å². The van der Waals surface area contributed by atoms with Gasteiger partial charge in [0.15, 0.2) is 0 Å². The van der Waals surface area contributed by atoms with E-state index in [0.717, 1.165) is 22.1 Å². The summed E-state index contributed by atoms with van der Waals surface area (Å²) in [6.07, 6.45) is 3.77. The van der Waals surface area contributed by atoms with Crippen molar-refractivity contribution in [1.29, 1.82) is 0 Å². The Balaban J connectivity index is 1.72. The highest BCUT2D eigenvalue weighted by molar-refractivity contribution is 7.77. The molecule has 0 aliphatic heterocycles. The van der Waals surface area contributed by atoms with Gasteiger partial charge in [0.1, 0.15) is 11.3 Å². The lowest BCUT2D eigenvalue weighted by Gasteiger charge is -2.29. The van der Waals surface area contributed by atoms with Gasteiger partial charge in [0.2, 0.25) is 17.2 Å². The summed E-state index contributed by atoms with van der Waals surface area (Å²) >= 11 is -2.09. The Bertz CT molecular complexity index is 1200. The second-order valence-corrected chi connectivity index (χ2v) is 8.91. The molecule has 2 aromatic heterocycles. The summed E-state index contributed by atoms with van der Waals surface area (Å²) in [6.45, 7) is 0.299. The molecule has 1 aliphatic carbocycles. The van der Waals surface area contributed by atoms with Crippen LogP contribution in [0.4, 0.5) is 8.78 Å². The van der Waals surface area contributed by atoms with E-state index in [1.807, 2.05) is 18.2 Å². The molecule has 1 fully saturated rings. The lowest BCUT2D eigenvalue weighted by atomic mass is 9.93. The molecule has 2 heterocycles. The molecule has 1 atom stereocenters. The number of benzene rings is 1. The molecular weight excluding hydrogens is 440 g/mol. The molecular formula is C22H25F2N3O4S. The molecule has 32 heavy (non-hydrogen) atoms. The minimum Gasteiger partial charge on any atom is -0.490 e. The van der Waals surface area contributed by atoms with Gasteiger partial charge in [-0.1, -0.05) is 6.07 Å². The number of rotatable bonds is 7. The highest BCUT2D eigenvalue weighted by Crippen LogP contribution is 2.39.